The number of nitrogens with one attached hydrogen (secondary N) is 1. The van der Waals surface area contributed by atoms with Crippen LogP contribution in [0.5, 0.6) is 0 Å². The average molecular weight is 409 g/mol. The molecule has 2 aliphatic rings. The molecule has 0 bridgehead atoms. The lowest BCUT2D eigenvalue weighted by Gasteiger charge is -2.29. The number of thiophene rings is 1. The SMILES string of the molecule is COC(=O)c1c(NC(=O)CN2CCC(C(=O)OC)CC2)sc2c1CC[C@@H](C)C2. The summed E-state index contributed by atoms with van der Waals surface area (Å²) < 4.78 is 9.77. The summed E-state index contributed by atoms with van der Waals surface area (Å²) in [5, 5.41) is 3.53. The van der Waals surface area contributed by atoms with E-state index in [0.29, 0.717) is 42.4 Å². The van der Waals surface area contributed by atoms with Crippen LogP contribution in [-0.4, -0.2) is 56.6 Å². The normalized spacial score (nSPS) is 20.3. The summed E-state index contributed by atoms with van der Waals surface area (Å²) in [5.41, 5.74) is 1.55. The van der Waals surface area contributed by atoms with Crippen molar-refractivity contribution in [3.63, 3.8) is 0 Å². The largest absolute Gasteiger partial charge is 0.469 e. The first kappa shape index (κ1) is 20.8. The van der Waals surface area contributed by atoms with E-state index in [4.69, 9.17) is 9.47 Å². The van der Waals surface area contributed by atoms with Crippen molar-refractivity contribution < 1.29 is 23.9 Å². The van der Waals surface area contributed by atoms with Gasteiger partial charge in [0.05, 0.1) is 32.2 Å². The highest BCUT2D eigenvalue weighted by Gasteiger charge is 2.30. The molecule has 7 nitrogen and oxygen atoms in total. The molecular weight excluding hydrogens is 380 g/mol. The molecule has 1 N–H and O–H groups in total. The number of hydrogen-bond acceptors (Lipinski definition) is 7. The van der Waals surface area contributed by atoms with E-state index in [1.807, 2.05) is 4.90 Å². The highest BCUT2D eigenvalue weighted by molar-refractivity contribution is 7.17. The van der Waals surface area contributed by atoms with Crippen LogP contribution >= 0.6 is 11.3 Å². The summed E-state index contributed by atoms with van der Waals surface area (Å²) in [6.07, 6.45) is 4.20. The van der Waals surface area contributed by atoms with E-state index in [1.165, 1.54) is 30.4 Å². The second-order valence-corrected chi connectivity index (χ2v) is 8.77. The van der Waals surface area contributed by atoms with Crippen LogP contribution in [0.3, 0.4) is 0 Å². The first-order chi connectivity index (χ1) is 13.4. The molecule has 1 aromatic heterocycles. The van der Waals surface area contributed by atoms with Gasteiger partial charge in [0.25, 0.3) is 0 Å². The third kappa shape index (κ3) is 4.55. The lowest BCUT2D eigenvalue weighted by atomic mass is 9.88. The van der Waals surface area contributed by atoms with E-state index in [-0.39, 0.29) is 30.3 Å². The minimum atomic E-state index is -0.388. The molecule has 3 rings (SSSR count). The van der Waals surface area contributed by atoms with Crippen LogP contribution in [0.4, 0.5) is 5.00 Å². The van der Waals surface area contributed by atoms with Crippen molar-refractivity contribution in [1.82, 2.24) is 4.90 Å². The zero-order chi connectivity index (χ0) is 20.3. The minimum absolute atomic E-state index is 0.0822. The summed E-state index contributed by atoms with van der Waals surface area (Å²) in [6.45, 7) is 3.80. The molecule has 1 atom stereocenters. The topological polar surface area (TPSA) is 84.9 Å². The lowest BCUT2D eigenvalue weighted by molar-refractivity contribution is -0.147. The Morgan fingerprint density at radius 3 is 2.50 bits per heavy atom. The van der Waals surface area contributed by atoms with Crippen LogP contribution < -0.4 is 5.32 Å². The first-order valence-corrected chi connectivity index (χ1v) is 10.6. The van der Waals surface area contributed by atoms with E-state index in [9.17, 15) is 14.4 Å². The van der Waals surface area contributed by atoms with Gasteiger partial charge >= 0.3 is 11.9 Å². The van der Waals surface area contributed by atoms with Gasteiger partial charge in [-0.25, -0.2) is 4.79 Å². The first-order valence-electron chi connectivity index (χ1n) is 9.75. The van der Waals surface area contributed by atoms with Gasteiger partial charge < -0.3 is 14.8 Å². The molecular formula is C20H28N2O5S. The standard InChI is InChI=1S/C20H28N2O5S/c1-12-4-5-14-15(10-12)28-18(17(14)20(25)27-3)21-16(23)11-22-8-6-13(7-9-22)19(24)26-2/h12-13H,4-11H2,1-3H3,(H,21,23)/t12-/m1/s1. The smallest absolute Gasteiger partial charge is 0.341 e. The maximum atomic E-state index is 12.6. The van der Waals surface area contributed by atoms with E-state index in [2.05, 4.69) is 12.2 Å². The molecule has 1 aliphatic heterocycles. The fraction of sp³-hybridized carbons (Fsp3) is 0.650. The molecule has 0 radical (unpaired) electrons. The van der Waals surface area contributed by atoms with Gasteiger partial charge in [0, 0.05) is 4.88 Å². The number of anilines is 1. The number of nitrogens with zero attached hydrogens (tertiary/aromatic N) is 1. The predicted octanol–water partition coefficient (Wildman–Crippen LogP) is 2.48. The van der Waals surface area contributed by atoms with Gasteiger partial charge in [-0.05, 0) is 56.7 Å². The number of rotatable bonds is 5. The molecule has 1 amide bonds. The fourth-order valence-corrected chi connectivity index (χ4v) is 5.43. The summed E-state index contributed by atoms with van der Waals surface area (Å²) in [6, 6.07) is 0. The number of likely N-dealkylation sites (tertiary alicyclic amines) is 1. The maximum Gasteiger partial charge on any atom is 0.341 e. The van der Waals surface area contributed by atoms with Gasteiger partial charge in [-0.15, -0.1) is 11.3 Å². The Bertz CT molecular complexity index is 752. The minimum Gasteiger partial charge on any atom is -0.469 e. The molecule has 1 saturated heterocycles. The number of fused-ring (bicyclic) bond motifs is 1. The molecule has 154 valence electrons. The van der Waals surface area contributed by atoms with Crippen molar-refractivity contribution >= 4 is 34.2 Å². The highest BCUT2D eigenvalue weighted by atomic mass is 32.1. The van der Waals surface area contributed by atoms with Crippen molar-refractivity contribution in [2.45, 2.75) is 39.0 Å². The molecule has 0 saturated carbocycles. The van der Waals surface area contributed by atoms with E-state index < -0.39 is 0 Å². The molecule has 2 heterocycles. The monoisotopic (exact) mass is 408 g/mol. The maximum absolute atomic E-state index is 12.6. The Hall–Kier alpha value is -1.93. The summed E-state index contributed by atoms with van der Waals surface area (Å²) in [5.74, 6) is -0.211. The quantitative estimate of drug-likeness (QED) is 0.754. The summed E-state index contributed by atoms with van der Waals surface area (Å²) in [4.78, 5) is 39.8. The molecule has 8 heteroatoms. The van der Waals surface area contributed by atoms with Gasteiger partial charge in [-0.3, -0.25) is 14.5 Å². The van der Waals surface area contributed by atoms with Gasteiger partial charge in [0.15, 0.2) is 0 Å². The van der Waals surface area contributed by atoms with Crippen LogP contribution in [0.25, 0.3) is 0 Å². The van der Waals surface area contributed by atoms with Crippen LogP contribution in [0, 0.1) is 11.8 Å². The van der Waals surface area contributed by atoms with Crippen LogP contribution in [0.15, 0.2) is 0 Å². The summed E-state index contributed by atoms with van der Waals surface area (Å²) in [7, 11) is 2.78. The Morgan fingerprint density at radius 1 is 1.14 bits per heavy atom. The summed E-state index contributed by atoms with van der Waals surface area (Å²) >= 11 is 1.49. The van der Waals surface area contributed by atoms with Gasteiger partial charge in [-0.1, -0.05) is 6.92 Å². The molecule has 1 aromatic rings. The fourth-order valence-electron chi connectivity index (χ4n) is 4.02. The van der Waals surface area contributed by atoms with E-state index >= 15 is 0 Å². The molecule has 1 fully saturated rings. The lowest BCUT2D eigenvalue weighted by Crippen LogP contribution is -2.41. The number of amides is 1. The second kappa shape index (κ2) is 9.05. The van der Waals surface area contributed by atoms with Gasteiger partial charge in [0.2, 0.25) is 5.91 Å². The van der Waals surface area contributed by atoms with Crippen molar-refractivity contribution in [3.8, 4) is 0 Å². The average Bonchev–Trinajstić information content (AvgIpc) is 3.03. The number of carbonyl (C=O) groups is 3. The van der Waals surface area contributed by atoms with Crippen molar-refractivity contribution in [2.24, 2.45) is 11.8 Å². The van der Waals surface area contributed by atoms with Crippen molar-refractivity contribution in [1.29, 1.82) is 0 Å². The van der Waals surface area contributed by atoms with Crippen molar-refractivity contribution in [3.05, 3.63) is 16.0 Å². The Kier molecular flexibility index (Phi) is 6.72. The Morgan fingerprint density at radius 2 is 1.86 bits per heavy atom. The highest BCUT2D eigenvalue weighted by Crippen LogP contribution is 2.40. The second-order valence-electron chi connectivity index (χ2n) is 7.67. The molecule has 0 aromatic carbocycles. The molecule has 1 aliphatic carbocycles. The third-order valence-corrected chi connectivity index (χ3v) is 6.81. The van der Waals surface area contributed by atoms with Crippen LogP contribution in [-0.2, 0) is 31.9 Å². The zero-order valence-corrected chi connectivity index (χ0v) is 17.5. The Balaban J connectivity index is 1.64. The predicted molar refractivity (Wildman–Crippen MR) is 107 cm³/mol. The van der Waals surface area contributed by atoms with Crippen LogP contribution in [0.1, 0.15) is 47.0 Å². The number of ether oxygens (including phenoxy) is 2. The van der Waals surface area contributed by atoms with Gasteiger partial charge in [0.1, 0.15) is 5.00 Å². The number of methoxy groups -OCH3 is 2. The zero-order valence-electron chi connectivity index (χ0n) is 16.7. The molecule has 28 heavy (non-hydrogen) atoms. The Labute approximate surface area is 169 Å². The van der Waals surface area contributed by atoms with Gasteiger partial charge in [-0.2, -0.15) is 0 Å². The van der Waals surface area contributed by atoms with E-state index in [1.54, 1.807) is 0 Å². The number of carbonyl (C=O) groups excluding carboxylic acids is 3. The van der Waals surface area contributed by atoms with Crippen LogP contribution in [0.2, 0.25) is 0 Å². The number of hydrogen-bond donors (Lipinski definition) is 1. The molecule has 0 unspecified atom stereocenters. The van der Waals surface area contributed by atoms with Crippen molar-refractivity contribution in [2.75, 3.05) is 39.2 Å². The number of piperidine rings is 1. The number of esters is 2. The molecule has 0 spiro atoms. The van der Waals surface area contributed by atoms with E-state index in [0.717, 1.165) is 24.8 Å². The third-order valence-electron chi connectivity index (χ3n) is 5.64.